The number of nitrogens with one attached hydrogen (secondary N) is 1. The van der Waals surface area contributed by atoms with Gasteiger partial charge in [-0.3, -0.25) is 9.78 Å². The highest BCUT2D eigenvalue weighted by Crippen LogP contribution is 2.28. The lowest BCUT2D eigenvalue weighted by Gasteiger charge is -2.11. The number of anilines is 1. The number of benzene rings is 1. The number of nitrogen functional groups attached to an aromatic ring is 1. The molecule has 1 heterocycles. The maximum Gasteiger partial charge on any atom is 0.257 e. The SMILES string of the molecule is CC(C)CCNC(=O)COc1ccc(N)c2ncccc12. The first-order valence-corrected chi connectivity index (χ1v) is 7.10. The van der Waals surface area contributed by atoms with Crippen molar-refractivity contribution in [1.29, 1.82) is 0 Å². The number of rotatable bonds is 6. The summed E-state index contributed by atoms with van der Waals surface area (Å²) in [6.45, 7) is 4.91. The van der Waals surface area contributed by atoms with Crippen LogP contribution in [0.3, 0.4) is 0 Å². The molecule has 1 aromatic carbocycles. The number of amides is 1. The van der Waals surface area contributed by atoms with Gasteiger partial charge < -0.3 is 15.8 Å². The highest BCUT2D eigenvalue weighted by molar-refractivity contribution is 5.94. The van der Waals surface area contributed by atoms with Gasteiger partial charge in [-0.25, -0.2) is 0 Å². The van der Waals surface area contributed by atoms with E-state index in [0.717, 1.165) is 11.8 Å². The van der Waals surface area contributed by atoms with E-state index in [-0.39, 0.29) is 12.5 Å². The number of carbonyl (C=O) groups excluding carboxylic acids is 1. The summed E-state index contributed by atoms with van der Waals surface area (Å²) in [6, 6.07) is 7.20. The lowest BCUT2D eigenvalue weighted by atomic mass is 10.1. The molecule has 1 amide bonds. The van der Waals surface area contributed by atoms with Crippen LogP contribution in [-0.2, 0) is 4.79 Å². The van der Waals surface area contributed by atoms with E-state index in [9.17, 15) is 4.79 Å². The molecule has 112 valence electrons. The van der Waals surface area contributed by atoms with Crippen molar-refractivity contribution in [1.82, 2.24) is 10.3 Å². The maximum atomic E-state index is 11.7. The third-order valence-electron chi connectivity index (χ3n) is 3.16. The van der Waals surface area contributed by atoms with Crippen LogP contribution in [0.15, 0.2) is 30.5 Å². The quantitative estimate of drug-likeness (QED) is 0.800. The number of hydrogen-bond donors (Lipinski definition) is 2. The molecule has 0 saturated heterocycles. The number of fused-ring (bicyclic) bond motifs is 1. The zero-order valence-electron chi connectivity index (χ0n) is 12.4. The van der Waals surface area contributed by atoms with Gasteiger partial charge >= 0.3 is 0 Å². The molecular formula is C16H21N3O2. The molecule has 2 rings (SSSR count). The van der Waals surface area contributed by atoms with Crippen molar-refractivity contribution in [2.75, 3.05) is 18.9 Å². The number of nitrogens with zero attached hydrogens (tertiary/aromatic N) is 1. The average Bonchev–Trinajstić information content (AvgIpc) is 2.46. The molecule has 0 radical (unpaired) electrons. The van der Waals surface area contributed by atoms with E-state index < -0.39 is 0 Å². The second-order valence-corrected chi connectivity index (χ2v) is 5.37. The van der Waals surface area contributed by atoms with E-state index in [1.165, 1.54) is 0 Å². The van der Waals surface area contributed by atoms with E-state index in [4.69, 9.17) is 10.5 Å². The summed E-state index contributed by atoms with van der Waals surface area (Å²) in [5.41, 5.74) is 7.16. The van der Waals surface area contributed by atoms with Gasteiger partial charge in [-0.05, 0) is 36.6 Å². The highest BCUT2D eigenvalue weighted by atomic mass is 16.5. The van der Waals surface area contributed by atoms with Crippen LogP contribution in [-0.4, -0.2) is 24.0 Å². The summed E-state index contributed by atoms with van der Waals surface area (Å²) < 4.78 is 5.59. The van der Waals surface area contributed by atoms with Crippen molar-refractivity contribution in [3.8, 4) is 5.75 Å². The Morgan fingerprint density at radius 1 is 1.38 bits per heavy atom. The van der Waals surface area contributed by atoms with Crippen LogP contribution in [0.1, 0.15) is 20.3 Å². The summed E-state index contributed by atoms with van der Waals surface area (Å²) in [6.07, 6.45) is 2.64. The molecule has 0 aliphatic heterocycles. The van der Waals surface area contributed by atoms with E-state index in [2.05, 4.69) is 24.1 Å². The molecular weight excluding hydrogens is 266 g/mol. The number of hydrogen-bond acceptors (Lipinski definition) is 4. The number of carbonyl (C=O) groups is 1. The second-order valence-electron chi connectivity index (χ2n) is 5.37. The number of aromatic nitrogens is 1. The number of ether oxygens (including phenoxy) is 1. The lowest BCUT2D eigenvalue weighted by Crippen LogP contribution is -2.30. The summed E-state index contributed by atoms with van der Waals surface area (Å²) in [4.78, 5) is 16.0. The fraction of sp³-hybridized carbons (Fsp3) is 0.375. The Labute approximate surface area is 124 Å². The van der Waals surface area contributed by atoms with Crippen LogP contribution < -0.4 is 15.8 Å². The second kappa shape index (κ2) is 6.92. The van der Waals surface area contributed by atoms with Crippen LogP contribution in [0.5, 0.6) is 5.75 Å². The molecule has 0 aliphatic rings. The molecule has 0 atom stereocenters. The average molecular weight is 287 g/mol. The van der Waals surface area contributed by atoms with Crippen LogP contribution in [0.2, 0.25) is 0 Å². The molecule has 0 fully saturated rings. The lowest BCUT2D eigenvalue weighted by molar-refractivity contribution is -0.123. The first-order valence-electron chi connectivity index (χ1n) is 7.10. The minimum absolute atomic E-state index is 0.00793. The van der Waals surface area contributed by atoms with Gasteiger partial charge in [0, 0.05) is 18.1 Å². The van der Waals surface area contributed by atoms with Crippen molar-refractivity contribution in [3.63, 3.8) is 0 Å². The molecule has 0 bridgehead atoms. The molecule has 0 saturated carbocycles. The minimum atomic E-state index is -0.121. The van der Waals surface area contributed by atoms with E-state index in [1.54, 1.807) is 18.3 Å². The van der Waals surface area contributed by atoms with Crippen molar-refractivity contribution in [2.45, 2.75) is 20.3 Å². The summed E-state index contributed by atoms with van der Waals surface area (Å²) in [5, 5.41) is 3.65. The number of pyridine rings is 1. The van der Waals surface area contributed by atoms with Gasteiger partial charge in [0.25, 0.3) is 5.91 Å². The standard InChI is InChI=1S/C16H21N3O2/c1-11(2)7-9-18-15(20)10-21-14-6-5-13(17)16-12(14)4-3-8-19-16/h3-6,8,11H,7,9-10,17H2,1-2H3,(H,18,20). The van der Waals surface area contributed by atoms with Crippen molar-refractivity contribution in [3.05, 3.63) is 30.5 Å². The zero-order chi connectivity index (χ0) is 15.2. The van der Waals surface area contributed by atoms with Gasteiger partial charge in [0.05, 0.1) is 11.2 Å². The topological polar surface area (TPSA) is 77.2 Å². The molecule has 0 spiro atoms. The van der Waals surface area contributed by atoms with Crippen LogP contribution >= 0.6 is 0 Å². The van der Waals surface area contributed by atoms with Crippen LogP contribution in [0.25, 0.3) is 10.9 Å². The molecule has 5 nitrogen and oxygen atoms in total. The molecule has 1 aromatic heterocycles. The van der Waals surface area contributed by atoms with Gasteiger partial charge in [-0.2, -0.15) is 0 Å². The van der Waals surface area contributed by atoms with Crippen molar-refractivity contribution in [2.24, 2.45) is 5.92 Å². The third kappa shape index (κ3) is 4.08. The van der Waals surface area contributed by atoms with E-state index in [0.29, 0.717) is 29.4 Å². The van der Waals surface area contributed by atoms with Crippen molar-refractivity contribution >= 4 is 22.5 Å². The molecule has 0 unspecified atom stereocenters. The monoisotopic (exact) mass is 287 g/mol. The largest absolute Gasteiger partial charge is 0.483 e. The Morgan fingerprint density at radius 2 is 2.19 bits per heavy atom. The Hall–Kier alpha value is -2.30. The first kappa shape index (κ1) is 15.1. The summed E-state index contributed by atoms with van der Waals surface area (Å²) >= 11 is 0. The zero-order valence-corrected chi connectivity index (χ0v) is 12.4. The molecule has 21 heavy (non-hydrogen) atoms. The van der Waals surface area contributed by atoms with Gasteiger partial charge in [0.1, 0.15) is 5.75 Å². The first-order chi connectivity index (χ1) is 10.1. The smallest absolute Gasteiger partial charge is 0.257 e. The van der Waals surface area contributed by atoms with Gasteiger partial charge in [0.15, 0.2) is 6.61 Å². The highest BCUT2D eigenvalue weighted by Gasteiger charge is 2.08. The normalized spacial score (nSPS) is 10.8. The van der Waals surface area contributed by atoms with E-state index in [1.807, 2.05) is 12.1 Å². The third-order valence-corrected chi connectivity index (χ3v) is 3.16. The summed E-state index contributed by atoms with van der Waals surface area (Å²) in [5.74, 6) is 1.06. The summed E-state index contributed by atoms with van der Waals surface area (Å²) in [7, 11) is 0. The fourth-order valence-electron chi connectivity index (χ4n) is 1.99. The van der Waals surface area contributed by atoms with Gasteiger partial charge in [-0.15, -0.1) is 0 Å². The molecule has 5 heteroatoms. The number of nitrogens with two attached hydrogens (primary N) is 1. The predicted octanol–water partition coefficient (Wildman–Crippen LogP) is 2.36. The molecule has 3 N–H and O–H groups in total. The Kier molecular flexibility index (Phi) is 4.98. The minimum Gasteiger partial charge on any atom is -0.483 e. The molecule has 0 aliphatic carbocycles. The Bertz CT molecular complexity index is 626. The maximum absolute atomic E-state index is 11.7. The molecule has 2 aromatic rings. The van der Waals surface area contributed by atoms with Gasteiger partial charge in [0.2, 0.25) is 0 Å². The fourth-order valence-corrected chi connectivity index (χ4v) is 1.99. The van der Waals surface area contributed by atoms with E-state index >= 15 is 0 Å². The Morgan fingerprint density at radius 3 is 2.95 bits per heavy atom. The van der Waals surface area contributed by atoms with Crippen molar-refractivity contribution < 1.29 is 9.53 Å². The van der Waals surface area contributed by atoms with Crippen LogP contribution in [0, 0.1) is 5.92 Å². The predicted molar refractivity (Wildman–Crippen MR) is 84.1 cm³/mol. The van der Waals surface area contributed by atoms with Crippen LogP contribution in [0.4, 0.5) is 5.69 Å². The Balaban J connectivity index is 1.98. The van der Waals surface area contributed by atoms with Gasteiger partial charge in [-0.1, -0.05) is 13.8 Å².